The quantitative estimate of drug-likeness (QED) is 0.647. The Balaban J connectivity index is 1.83. The molecule has 0 aliphatic heterocycles. The fourth-order valence-corrected chi connectivity index (χ4v) is 2.00. The summed E-state index contributed by atoms with van der Waals surface area (Å²) in [5.74, 6) is 6.30. The molecule has 1 nitrogen and oxygen atoms in total. The minimum absolute atomic E-state index is 0.715. The van der Waals surface area contributed by atoms with E-state index in [1.165, 1.54) is 11.1 Å². The number of rotatable bonds is 4. The van der Waals surface area contributed by atoms with Crippen LogP contribution < -0.4 is 5.32 Å². The van der Waals surface area contributed by atoms with Crippen molar-refractivity contribution < 1.29 is 0 Å². The molecule has 2 rings (SSSR count). The third-order valence-corrected chi connectivity index (χ3v) is 3.03. The first-order valence-corrected chi connectivity index (χ1v) is 6.71. The Morgan fingerprint density at radius 2 is 1.58 bits per heavy atom. The van der Waals surface area contributed by atoms with E-state index in [4.69, 9.17) is 0 Å². The van der Waals surface area contributed by atoms with Crippen LogP contribution in [0.1, 0.15) is 23.6 Å². The Morgan fingerprint density at radius 3 is 2.32 bits per heavy atom. The van der Waals surface area contributed by atoms with E-state index in [0.717, 1.165) is 18.5 Å². The zero-order chi connectivity index (χ0) is 13.3. The molecule has 0 atom stereocenters. The lowest BCUT2D eigenvalue weighted by atomic mass is 10.1. The van der Waals surface area contributed by atoms with Gasteiger partial charge in [-0.05, 0) is 29.7 Å². The van der Waals surface area contributed by atoms with E-state index in [2.05, 4.69) is 48.3 Å². The van der Waals surface area contributed by atoms with E-state index >= 15 is 0 Å². The monoisotopic (exact) mass is 249 g/mol. The summed E-state index contributed by atoms with van der Waals surface area (Å²) in [4.78, 5) is 0. The molecule has 0 aliphatic carbocycles. The normalized spacial score (nSPS) is 9.74. The van der Waals surface area contributed by atoms with E-state index in [0.29, 0.717) is 6.54 Å². The molecule has 1 N–H and O–H groups in total. The molecule has 0 aliphatic rings. The van der Waals surface area contributed by atoms with Crippen LogP contribution in [0.15, 0.2) is 54.6 Å². The van der Waals surface area contributed by atoms with Crippen molar-refractivity contribution in [2.45, 2.75) is 19.9 Å². The molecule has 2 aromatic rings. The molecule has 1 heteroatoms. The molecule has 0 heterocycles. The number of hydrogen-bond donors (Lipinski definition) is 1. The highest BCUT2D eigenvalue weighted by Crippen LogP contribution is 2.08. The van der Waals surface area contributed by atoms with Crippen LogP contribution in [0.25, 0.3) is 0 Å². The van der Waals surface area contributed by atoms with Crippen LogP contribution in [0.5, 0.6) is 0 Å². The molecule has 0 bridgehead atoms. The first kappa shape index (κ1) is 13.4. The van der Waals surface area contributed by atoms with Crippen molar-refractivity contribution in [3.8, 4) is 11.8 Å². The van der Waals surface area contributed by atoms with Crippen molar-refractivity contribution in [3.63, 3.8) is 0 Å². The third kappa shape index (κ3) is 4.28. The molecule has 96 valence electrons. The maximum atomic E-state index is 3.37. The molecule has 0 aromatic heterocycles. The predicted octanol–water partition coefficient (Wildman–Crippen LogP) is 3.39. The average Bonchev–Trinajstić information content (AvgIpc) is 2.48. The van der Waals surface area contributed by atoms with Gasteiger partial charge in [0.1, 0.15) is 0 Å². The van der Waals surface area contributed by atoms with Gasteiger partial charge >= 0.3 is 0 Å². The van der Waals surface area contributed by atoms with Gasteiger partial charge in [0, 0.05) is 12.1 Å². The minimum Gasteiger partial charge on any atom is -0.302 e. The number of nitrogens with one attached hydrogen (secondary N) is 1. The van der Waals surface area contributed by atoms with Crippen molar-refractivity contribution in [2.75, 3.05) is 6.54 Å². The highest BCUT2D eigenvalue weighted by atomic mass is 14.8. The summed E-state index contributed by atoms with van der Waals surface area (Å²) in [6, 6.07) is 18.6. The second-order valence-corrected chi connectivity index (χ2v) is 4.39. The first-order valence-electron chi connectivity index (χ1n) is 6.71. The van der Waals surface area contributed by atoms with Crippen molar-refractivity contribution in [3.05, 3.63) is 71.3 Å². The summed E-state index contributed by atoms with van der Waals surface area (Å²) in [6.45, 7) is 3.79. The smallest absolute Gasteiger partial charge is 0.0582 e. The highest BCUT2D eigenvalue weighted by Gasteiger charge is 1.97. The summed E-state index contributed by atoms with van der Waals surface area (Å²) >= 11 is 0. The predicted molar refractivity (Wildman–Crippen MR) is 80.8 cm³/mol. The highest BCUT2D eigenvalue weighted by molar-refractivity contribution is 5.34. The van der Waals surface area contributed by atoms with Crippen LogP contribution in [0, 0.1) is 11.8 Å². The maximum Gasteiger partial charge on any atom is 0.0582 e. The van der Waals surface area contributed by atoms with Gasteiger partial charge in [-0.15, -0.1) is 0 Å². The van der Waals surface area contributed by atoms with Crippen LogP contribution in [-0.4, -0.2) is 6.54 Å². The van der Waals surface area contributed by atoms with Gasteiger partial charge in [-0.1, -0.05) is 61.2 Å². The molecule has 0 unspecified atom stereocenters. The zero-order valence-electron chi connectivity index (χ0n) is 11.3. The van der Waals surface area contributed by atoms with Gasteiger partial charge in [0.15, 0.2) is 0 Å². The molecular weight excluding hydrogens is 230 g/mol. The van der Waals surface area contributed by atoms with E-state index in [9.17, 15) is 0 Å². The van der Waals surface area contributed by atoms with Crippen molar-refractivity contribution in [1.82, 2.24) is 5.32 Å². The Labute approximate surface area is 115 Å². The lowest BCUT2D eigenvalue weighted by molar-refractivity contribution is 0.761. The van der Waals surface area contributed by atoms with Crippen molar-refractivity contribution in [1.29, 1.82) is 0 Å². The Bertz CT molecular complexity index is 561. The second-order valence-electron chi connectivity index (χ2n) is 4.39. The van der Waals surface area contributed by atoms with Crippen molar-refractivity contribution in [2.24, 2.45) is 0 Å². The van der Waals surface area contributed by atoms with Crippen LogP contribution >= 0.6 is 0 Å². The molecule has 19 heavy (non-hydrogen) atoms. The van der Waals surface area contributed by atoms with Crippen LogP contribution in [0.3, 0.4) is 0 Å². The van der Waals surface area contributed by atoms with Crippen LogP contribution in [0.4, 0.5) is 0 Å². The fraction of sp³-hybridized carbons (Fsp3) is 0.222. The largest absolute Gasteiger partial charge is 0.302 e. The molecule has 0 saturated carbocycles. The molecule has 0 radical (unpaired) electrons. The SMILES string of the molecule is CCc1ccccc1CNCC#Cc1ccccc1. The maximum absolute atomic E-state index is 3.37. The molecule has 0 amide bonds. The summed E-state index contributed by atoms with van der Waals surface area (Å²) in [6.07, 6.45) is 1.08. The second kappa shape index (κ2) is 7.41. The number of hydrogen-bond acceptors (Lipinski definition) is 1. The molecule has 0 spiro atoms. The lowest BCUT2D eigenvalue weighted by Crippen LogP contribution is -2.14. The third-order valence-electron chi connectivity index (χ3n) is 3.03. The average molecular weight is 249 g/mol. The van der Waals surface area contributed by atoms with Crippen LogP contribution in [-0.2, 0) is 13.0 Å². The number of benzene rings is 2. The standard InChI is InChI=1S/C18H19N/c1-2-17-12-6-7-13-18(17)15-19-14-8-11-16-9-4-3-5-10-16/h3-7,9-10,12-13,19H,2,14-15H2,1H3. The topological polar surface area (TPSA) is 12.0 Å². The molecule has 0 fully saturated rings. The van der Waals surface area contributed by atoms with E-state index in [1.54, 1.807) is 0 Å². The summed E-state index contributed by atoms with van der Waals surface area (Å²) < 4.78 is 0. The van der Waals surface area contributed by atoms with Crippen LogP contribution in [0.2, 0.25) is 0 Å². The van der Waals surface area contributed by atoms with E-state index < -0.39 is 0 Å². The van der Waals surface area contributed by atoms with E-state index in [-0.39, 0.29) is 0 Å². The molecule has 0 saturated heterocycles. The summed E-state index contributed by atoms with van der Waals surface area (Å²) in [5.41, 5.74) is 3.84. The van der Waals surface area contributed by atoms with Crippen molar-refractivity contribution >= 4 is 0 Å². The van der Waals surface area contributed by atoms with E-state index in [1.807, 2.05) is 30.3 Å². The Kier molecular flexibility index (Phi) is 5.22. The number of aryl methyl sites for hydroxylation is 1. The zero-order valence-corrected chi connectivity index (χ0v) is 11.3. The summed E-state index contributed by atoms with van der Waals surface area (Å²) in [7, 11) is 0. The van der Waals surface area contributed by atoms with Gasteiger partial charge < -0.3 is 5.32 Å². The van der Waals surface area contributed by atoms with Gasteiger partial charge in [0.05, 0.1) is 6.54 Å². The van der Waals surface area contributed by atoms with Gasteiger partial charge in [-0.3, -0.25) is 0 Å². The van der Waals surface area contributed by atoms with Gasteiger partial charge in [0.2, 0.25) is 0 Å². The van der Waals surface area contributed by atoms with Gasteiger partial charge in [-0.2, -0.15) is 0 Å². The lowest BCUT2D eigenvalue weighted by Gasteiger charge is -2.06. The molecule has 2 aromatic carbocycles. The Hall–Kier alpha value is -2.04. The molecular formula is C18H19N. The van der Waals surface area contributed by atoms with Gasteiger partial charge in [-0.25, -0.2) is 0 Å². The van der Waals surface area contributed by atoms with Gasteiger partial charge in [0.25, 0.3) is 0 Å². The Morgan fingerprint density at radius 1 is 0.895 bits per heavy atom. The first-order chi connectivity index (χ1) is 9.40. The minimum atomic E-state index is 0.715. The summed E-state index contributed by atoms with van der Waals surface area (Å²) in [5, 5.41) is 3.37. The fourth-order valence-electron chi connectivity index (χ4n) is 2.00.